The van der Waals surface area contributed by atoms with Crippen LogP contribution in [0.2, 0.25) is 4.34 Å². The highest BCUT2D eigenvalue weighted by Crippen LogP contribution is 2.26. The highest BCUT2D eigenvalue weighted by molar-refractivity contribution is 7.94. The van der Waals surface area contributed by atoms with E-state index in [9.17, 15) is 12.8 Å². The number of anilines is 1. The highest BCUT2D eigenvalue weighted by Gasteiger charge is 2.18. The van der Waals surface area contributed by atoms with E-state index in [1.54, 1.807) is 18.2 Å². The third kappa shape index (κ3) is 3.69. The quantitative estimate of drug-likeness (QED) is 0.747. The van der Waals surface area contributed by atoms with Gasteiger partial charge in [0.25, 0.3) is 16.0 Å². The number of nitrogens with zero attached hydrogens (tertiary/aromatic N) is 3. The molecule has 0 atom stereocenters. The van der Waals surface area contributed by atoms with Crippen molar-refractivity contribution in [3.8, 4) is 0 Å². The molecule has 6 nitrogen and oxygen atoms in total. The summed E-state index contributed by atoms with van der Waals surface area (Å²) >= 11 is 6.66. The number of nitrogens with one attached hydrogen (secondary N) is 1. The van der Waals surface area contributed by atoms with Gasteiger partial charge in [0, 0.05) is 5.56 Å². The molecule has 0 radical (unpaired) electrons. The first-order valence-electron chi connectivity index (χ1n) is 6.35. The van der Waals surface area contributed by atoms with E-state index in [-0.39, 0.29) is 22.5 Å². The lowest BCUT2D eigenvalue weighted by atomic mass is 10.2. The van der Waals surface area contributed by atoms with E-state index in [2.05, 4.69) is 14.8 Å². The second-order valence-electron chi connectivity index (χ2n) is 4.52. The molecule has 0 fully saturated rings. The van der Waals surface area contributed by atoms with Crippen LogP contribution in [0.5, 0.6) is 0 Å². The molecule has 0 aliphatic rings. The van der Waals surface area contributed by atoms with E-state index in [4.69, 9.17) is 11.6 Å². The van der Waals surface area contributed by atoms with Crippen molar-refractivity contribution in [1.82, 2.24) is 14.8 Å². The van der Waals surface area contributed by atoms with Crippen molar-refractivity contribution in [2.75, 3.05) is 4.72 Å². The number of thiophene rings is 1. The molecule has 23 heavy (non-hydrogen) atoms. The summed E-state index contributed by atoms with van der Waals surface area (Å²) in [5, 5.41) is 3.98. The van der Waals surface area contributed by atoms with Crippen LogP contribution in [0.1, 0.15) is 5.56 Å². The van der Waals surface area contributed by atoms with Gasteiger partial charge >= 0.3 is 0 Å². The van der Waals surface area contributed by atoms with Gasteiger partial charge in [-0.05, 0) is 18.2 Å². The fourth-order valence-corrected chi connectivity index (χ4v) is 4.26. The standard InChI is InChI=1S/C13H10ClFN4O2S2/c14-11-5-6-12(22-11)23(20,21)18-13-16-8-19(17-13)7-9-3-1-2-4-10(9)15/h1-6,8H,7H2,(H,17,18). The van der Waals surface area contributed by atoms with Gasteiger partial charge in [-0.15, -0.1) is 16.4 Å². The van der Waals surface area contributed by atoms with Gasteiger partial charge in [-0.25, -0.2) is 22.2 Å². The first-order chi connectivity index (χ1) is 10.9. The zero-order valence-electron chi connectivity index (χ0n) is 11.5. The predicted octanol–water partition coefficient (Wildman–Crippen LogP) is 2.98. The van der Waals surface area contributed by atoms with Crippen LogP contribution in [-0.4, -0.2) is 23.2 Å². The third-order valence-corrected chi connectivity index (χ3v) is 5.92. The minimum absolute atomic E-state index is 0.0629. The van der Waals surface area contributed by atoms with Crippen LogP contribution in [0.4, 0.5) is 10.3 Å². The minimum Gasteiger partial charge on any atom is -0.246 e. The van der Waals surface area contributed by atoms with E-state index in [0.717, 1.165) is 11.3 Å². The van der Waals surface area contributed by atoms with Gasteiger partial charge in [-0.3, -0.25) is 0 Å². The van der Waals surface area contributed by atoms with Crippen molar-refractivity contribution in [2.45, 2.75) is 10.8 Å². The van der Waals surface area contributed by atoms with Crippen LogP contribution in [0, 0.1) is 5.82 Å². The van der Waals surface area contributed by atoms with Gasteiger partial charge in [0.15, 0.2) is 0 Å². The fourth-order valence-electron chi connectivity index (χ4n) is 1.83. The van der Waals surface area contributed by atoms with Gasteiger partial charge in [-0.2, -0.15) is 4.98 Å². The maximum absolute atomic E-state index is 13.6. The molecule has 10 heteroatoms. The number of hydrogen-bond acceptors (Lipinski definition) is 5. The molecule has 1 N–H and O–H groups in total. The zero-order valence-corrected chi connectivity index (χ0v) is 13.9. The topological polar surface area (TPSA) is 76.9 Å². The van der Waals surface area contributed by atoms with E-state index in [1.165, 1.54) is 29.2 Å². The number of sulfonamides is 1. The van der Waals surface area contributed by atoms with Crippen molar-refractivity contribution in [3.63, 3.8) is 0 Å². The van der Waals surface area contributed by atoms with Crippen LogP contribution in [0.25, 0.3) is 0 Å². The summed E-state index contributed by atoms with van der Waals surface area (Å²) in [4.78, 5) is 3.87. The molecule has 0 saturated heterocycles. The number of aromatic nitrogens is 3. The third-order valence-electron chi connectivity index (χ3n) is 2.87. The summed E-state index contributed by atoms with van der Waals surface area (Å²) in [6.07, 6.45) is 1.33. The molecule has 1 aromatic carbocycles. The second-order valence-corrected chi connectivity index (χ2v) is 8.15. The van der Waals surface area contributed by atoms with Gasteiger partial charge in [0.2, 0.25) is 0 Å². The smallest absolute Gasteiger partial charge is 0.246 e. The SMILES string of the molecule is O=S(=O)(Nc1ncn(Cc2ccccc2F)n1)c1ccc(Cl)s1. The molecular weight excluding hydrogens is 363 g/mol. The summed E-state index contributed by atoms with van der Waals surface area (Å²) in [6.45, 7) is 0.145. The molecule has 0 saturated carbocycles. The van der Waals surface area contributed by atoms with Crippen LogP contribution in [0.15, 0.2) is 46.9 Å². The highest BCUT2D eigenvalue weighted by atomic mass is 35.5. The van der Waals surface area contributed by atoms with E-state index in [0.29, 0.717) is 9.90 Å². The lowest BCUT2D eigenvalue weighted by molar-refractivity contribution is 0.584. The lowest BCUT2D eigenvalue weighted by Gasteiger charge is -2.03. The molecule has 2 aromatic heterocycles. The summed E-state index contributed by atoms with van der Waals surface area (Å²) in [5.41, 5.74) is 0.428. The lowest BCUT2D eigenvalue weighted by Crippen LogP contribution is -2.13. The van der Waals surface area contributed by atoms with Crippen LogP contribution in [-0.2, 0) is 16.6 Å². The van der Waals surface area contributed by atoms with Crippen LogP contribution >= 0.6 is 22.9 Å². The maximum Gasteiger partial charge on any atom is 0.273 e. The Labute approximate surface area is 140 Å². The average molecular weight is 373 g/mol. The Morgan fingerprint density at radius 3 is 2.74 bits per heavy atom. The first-order valence-corrected chi connectivity index (χ1v) is 9.03. The fraction of sp³-hybridized carbons (Fsp3) is 0.0769. The number of hydrogen-bond donors (Lipinski definition) is 1. The molecule has 120 valence electrons. The molecule has 2 heterocycles. The number of rotatable bonds is 5. The Hall–Kier alpha value is -1.97. The summed E-state index contributed by atoms with van der Waals surface area (Å²) < 4.78 is 41.9. The number of halogens is 2. The molecular formula is C13H10ClFN4O2S2. The first kappa shape index (κ1) is 15.9. The molecule has 0 spiro atoms. The van der Waals surface area contributed by atoms with Gasteiger partial charge in [-0.1, -0.05) is 29.8 Å². The predicted molar refractivity (Wildman–Crippen MR) is 85.7 cm³/mol. The molecule has 3 aromatic rings. The Kier molecular flexibility index (Phi) is 4.33. The summed E-state index contributed by atoms with van der Waals surface area (Å²) in [7, 11) is -3.79. The normalized spacial score (nSPS) is 11.6. The average Bonchev–Trinajstić information content (AvgIpc) is 3.11. The van der Waals surface area contributed by atoms with Crippen LogP contribution < -0.4 is 4.72 Å². The van der Waals surface area contributed by atoms with Crippen molar-refractivity contribution < 1.29 is 12.8 Å². The monoisotopic (exact) mass is 372 g/mol. The molecule has 0 aliphatic heterocycles. The van der Waals surface area contributed by atoms with E-state index in [1.807, 2.05) is 0 Å². The largest absolute Gasteiger partial charge is 0.273 e. The van der Waals surface area contributed by atoms with Gasteiger partial charge in [0.05, 0.1) is 10.9 Å². The van der Waals surface area contributed by atoms with Crippen molar-refractivity contribution in [1.29, 1.82) is 0 Å². The molecule has 0 aliphatic carbocycles. The molecule has 0 unspecified atom stereocenters. The Balaban J connectivity index is 1.76. The summed E-state index contributed by atoms with van der Waals surface area (Å²) in [6, 6.07) is 9.15. The molecule has 3 rings (SSSR count). The molecule has 0 bridgehead atoms. The maximum atomic E-state index is 13.6. The van der Waals surface area contributed by atoms with Gasteiger partial charge in [0.1, 0.15) is 16.4 Å². The Morgan fingerprint density at radius 1 is 1.26 bits per heavy atom. The molecule has 0 amide bonds. The van der Waals surface area contributed by atoms with Crippen molar-refractivity contribution in [3.05, 3.63) is 58.4 Å². The Morgan fingerprint density at radius 2 is 2.04 bits per heavy atom. The van der Waals surface area contributed by atoms with Crippen LogP contribution in [0.3, 0.4) is 0 Å². The summed E-state index contributed by atoms with van der Waals surface area (Å²) in [5.74, 6) is -0.454. The Bertz CT molecular complexity index is 939. The van der Waals surface area contributed by atoms with Gasteiger partial charge < -0.3 is 0 Å². The number of benzene rings is 1. The van der Waals surface area contributed by atoms with E-state index < -0.39 is 10.0 Å². The minimum atomic E-state index is -3.79. The second kappa shape index (κ2) is 6.26. The van der Waals surface area contributed by atoms with E-state index >= 15 is 0 Å². The van der Waals surface area contributed by atoms with Crippen molar-refractivity contribution >= 4 is 38.9 Å². The van der Waals surface area contributed by atoms with Crippen molar-refractivity contribution in [2.24, 2.45) is 0 Å². The zero-order chi connectivity index (χ0) is 16.4.